The molecule has 0 spiro atoms. The Morgan fingerprint density at radius 2 is 1.74 bits per heavy atom. The summed E-state index contributed by atoms with van der Waals surface area (Å²) in [6.45, 7) is 5.62. The number of ketones is 1. The Morgan fingerprint density at radius 3 is 2.35 bits per heavy atom. The number of benzene rings is 2. The van der Waals surface area contributed by atoms with Gasteiger partial charge in [0.1, 0.15) is 11.5 Å². The maximum atomic E-state index is 12.6. The molecular formula is C19H20O4. The number of carbonyl (C=O) groups excluding carboxylic acids is 1. The lowest BCUT2D eigenvalue weighted by Gasteiger charge is -2.31. The van der Waals surface area contributed by atoms with Gasteiger partial charge in [-0.2, -0.15) is 0 Å². The van der Waals surface area contributed by atoms with Crippen molar-refractivity contribution in [2.75, 3.05) is 14.2 Å². The van der Waals surface area contributed by atoms with Crippen molar-refractivity contribution in [1.82, 2.24) is 0 Å². The minimum absolute atomic E-state index is 0.0923. The van der Waals surface area contributed by atoms with Crippen LogP contribution in [0, 0.1) is 6.92 Å². The summed E-state index contributed by atoms with van der Waals surface area (Å²) in [5.41, 5.74) is 1.85. The number of carbonyl (C=O) groups is 1. The summed E-state index contributed by atoms with van der Waals surface area (Å²) in [7, 11) is 3.12. The molecule has 0 aliphatic heterocycles. The maximum absolute atomic E-state index is 12.6. The molecule has 0 bridgehead atoms. The summed E-state index contributed by atoms with van der Waals surface area (Å²) in [6.07, 6.45) is 1.75. The van der Waals surface area contributed by atoms with E-state index >= 15 is 0 Å². The van der Waals surface area contributed by atoms with E-state index in [1.54, 1.807) is 19.3 Å². The Balaban J connectivity index is 2.47. The van der Waals surface area contributed by atoms with Gasteiger partial charge in [0.25, 0.3) is 0 Å². The second kappa shape index (κ2) is 5.01. The number of aromatic hydroxyl groups is 1. The van der Waals surface area contributed by atoms with Crippen LogP contribution >= 0.6 is 0 Å². The SMILES string of the molecule is COC1=Cc2c(cc(O)c3cc(C)c(OC)cc23)C(C)(C)C1=O. The van der Waals surface area contributed by atoms with Crippen molar-refractivity contribution in [2.45, 2.75) is 26.2 Å². The van der Waals surface area contributed by atoms with Gasteiger partial charge >= 0.3 is 0 Å². The van der Waals surface area contributed by atoms with Crippen LogP contribution in [-0.2, 0) is 14.9 Å². The first-order valence-electron chi connectivity index (χ1n) is 7.46. The van der Waals surface area contributed by atoms with Crippen LogP contribution in [0.15, 0.2) is 24.0 Å². The van der Waals surface area contributed by atoms with Crippen LogP contribution in [0.5, 0.6) is 11.5 Å². The number of phenolic OH excluding ortho intramolecular Hbond substituents is 1. The Kier molecular flexibility index (Phi) is 3.36. The summed E-state index contributed by atoms with van der Waals surface area (Å²) in [4.78, 5) is 12.6. The smallest absolute Gasteiger partial charge is 0.207 e. The first kappa shape index (κ1) is 15.4. The van der Waals surface area contributed by atoms with Crippen molar-refractivity contribution >= 4 is 22.6 Å². The highest BCUT2D eigenvalue weighted by atomic mass is 16.5. The Labute approximate surface area is 135 Å². The third kappa shape index (κ3) is 2.09. The lowest BCUT2D eigenvalue weighted by atomic mass is 9.72. The third-order valence-corrected chi connectivity index (χ3v) is 4.63. The molecule has 1 aliphatic rings. The molecule has 120 valence electrons. The molecule has 4 heteroatoms. The van der Waals surface area contributed by atoms with Gasteiger partial charge in [-0.25, -0.2) is 0 Å². The molecule has 0 atom stereocenters. The van der Waals surface area contributed by atoms with E-state index in [1.807, 2.05) is 32.9 Å². The first-order chi connectivity index (χ1) is 10.8. The fraction of sp³-hybridized carbons (Fsp3) is 0.316. The highest BCUT2D eigenvalue weighted by Gasteiger charge is 2.39. The molecule has 0 fully saturated rings. The molecule has 2 aromatic carbocycles. The first-order valence-corrected chi connectivity index (χ1v) is 7.46. The number of hydrogen-bond acceptors (Lipinski definition) is 4. The van der Waals surface area contributed by atoms with E-state index in [0.29, 0.717) is 5.76 Å². The number of ether oxygens (including phenoxy) is 2. The van der Waals surface area contributed by atoms with Crippen LogP contribution in [0.2, 0.25) is 0 Å². The molecule has 3 rings (SSSR count). The number of Topliss-reactive ketones (excluding diaryl/α,β-unsaturated/α-hetero) is 1. The van der Waals surface area contributed by atoms with Crippen LogP contribution in [-0.4, -0.2) is 25.1 Å². The summed E-state index contributed by atoms with van der Waals surface area (Å²) in [6, 6.07) is 5.48. The molecule has 4 nitrogen and oxygen atoms in total. The molecule has 1 N–H and O–H groups in total. The summed E-state index contributed by atoms with van der Waals surface area (Å²) in [5.74, 6) is 1.14. The van der Waals surface area contributed by atoms with E-state index in [4.69, 9.17) is 9.47 Å². The number of aryl methyl sites for hydroxylation is 1. The fourth-order valence-corrected chi connectivity index (χ4v) is 3.23. The van der Waals surface area contributed by atoms with Gasteiger partial charge in [-0.05, 0) is 67.1 Å². The molecule has 0 aromatic heterocycles. The zero-order valence-corrected chi connectivity index (χ0v) is 14.0. The van der Waals surface area contributed by atoms with Gasteiger partial charge in [-0.15, -0.1) is 0 Å². The zero-order valence-electron chi connectivity index (χ0n) is 14.0. The maximum Gasteiger partial charge on any atom is 0.207 e. The Morgan fingerprint density at radius 1 is 1.04 bits per heavy atom. The summed E-state index contributed by atoms with van der Waals surface area (Å²) >= 11 is 0. The fourth-order valence-electron chi connectivity index (χ4n) is 3.23. The molecule has 2 aromatic rings. The average molecular weight is 312 g/mol. The van der Waals surface area contributed by atoms with E-state index in [9.17, 15) is 9.90 Å². The molecule has 0 amide bonds. The topological polar surface area (TPSA) is 55.8 Å². The van der Waals surface area contributed by atoms with Crippen LogP contribution in [0.25, 0.3) is 16.8 Å². The quantitative estimate of drug-likeness (QED) is 0.918. The third-order valence-electron chi connectivity index (χ3n) is 4.63. The van der Waals surface area contributed by atoms with Crippen LogP contribution in [0.4, 0.5) is 0 Å². The van der Waals surface area contributed by atoms with Gasteiger partial charge in [0.15, 0.2) is 5.76 Å². The van der Waals surface area contributed by atoms with E-state index in [0.717, 1.165) is 33.2 Å². The Hall–Kier alpha value is -2.49. The van der Waals surface area contributed by atoms with Crippen molar-refractivity contribution in [2.24, 2.45) is 0 Å². The Bertz CT molecular complexity index is 860. The number of rotatable bonds is 2. The molecule has 1 aliphatic carbocycles. The zero-order chi connectivity index (χ0) is 16.9. The largest absolute Gasteiger partial charge is 0.507 e. The molecule has 23 heavy (non-hydrogen) atoms. The normalized spacial score (nSPS) is 16.0. The molecule has 0 radical (unpaired) electrons. The monoisotopic (exact) mass is 312 g/mol. The molecule has 0 saturated heterocycles. The van der Waals surface area contributed by atoms with Gasteiger partial charge in [0.05, 0.1) is 19.6 Å². The van der Waals surface area contributed by atoms with Crippen LogP contribution in [0.3, 0.4) is 0 Å². The second-order valence-electron chi connectivity index (χ2n) is 6.39. The minimum Gasteiger partial charge on any atom is -0.507 e. The molecular weight excluding hydrogens is 292 g/mol. The standard InChI is InChI=1S/C19H20O4/c1-10-6-13-11(7-16(10)22-4)12-8-17(23-5)18(21)19(2,3)14(12)9-15(13)20/h6-9,20H,1-5H3. The van der Waals surface area contributed by atoms with Crippen molar-refractivity contribution < 1.29 is 19.4 Å². The lowest BCUT2D eigenvalue weighted by Crippen LogP contribution is -2.34. The summed E-state index contributed by atoms with van der Waals surface area (Å²) < 4.78 is 10.7. The van der Waals surface area contributed by atoms with Crippen molar-refractivity contribution in [3.05, 3.63) is 40.6 Å². The van der Waals surface area contributed by atoms with E-state index < -0.39 is 5.41 Å². The number of hydrogen-bond donors (Lipinski definition) is 1. The second-order valence-corrected chi connectivity index (χ2v) is 6.39. The van der Waals surface area contributed by atoms with Gasteiger partial charge in [0.2, 0.25) is 5.78 Å². The number of phenols is 1. The molecule has 0 saturated carbocycles. The summed E-state index contributed by atoms with van der Waals surface area (Å²) in [5, 5.41) is 12.0. The highest BCUT2D eigenvalue weighted by molar-refractivity contribution is 6.11. The van der Waals surface area contributed by atoms with Gasteiger partial charge in [0, 0.05) is 5.39 Å². The predicted octanol–water partition coefficient (Wildman–Crippen LogP) is 3.71. The van der Waals surface area contributed by atoms with Crippen LogP contribution in [0.1, 0.15) is 30.5 Å². The van der Waals surface area contributed by atoms with Gasteiger partial charge in [-0.3, -0.25) is 4.79 Å². The lowest BCUT2D eigenvalue weighted by molar-refractivity contribution is -0.122. The predicted molar refractivity (Wildman–Crippen MR) is 89.9 cm³/mol. The van der Waals surface area contributed by atoms with E-state index in [1.165, 1.54) is 7.11 Å². The van der Waals surface area contributed by atoms with Crippen molar-refractivity contribution in [3.8, 4) is 11.5 Å². The van der Waals surface area contributed by atoms with Crippen molar-refractivity contribution in [3.63, 3.8) is 0 Å². The minimum atomic E-state index is -0.765. The van der Waals surface area contributed by atoms with Gasteiger partial charge < -0.3 is 14.6 Å². The molecule has 0 unspecified atom stereocenters. The van der Waals surface area contributed by atoms with Crippen molar-refractivity contribution in [1.29, 1.82) is 0 Å². The number of fused-ring (bicyclic) bond motifs is 3. The number of allylic oxidation sites excluding steroid dienone is 1. The van der Waals surface area contributed by atoms with E-state index in [-0.39, 0.29) is 11.5 Å². The average Bonchev–Trinajstić information content (AvgIpc) is 2.52. The van der Waals surface area contributed by atoms with E-state index in [2.05, 4.69) is 0 Å². The molecule has 0 heterocycles. The highest BCUT2D eigenvalue weighted by Crippen LogP contribution is 2.44. The van der Waals surface area contributed by atoms with Crippen LogP contribution < -0.4 is 4.74 Å². The number of methoxy groups -OCH3 is 2. The van der Waals surface area contributed by atoms with Gasteiger partial charge in [-0.1, -0.05) is 0 Å².